The Balaban J connectivity index is 1.60. The summed E-state index contributed by atoms with van der Waals surface area (Å²) in [5.41, 5.74) is -0.402. The third kappa shape index (κ3) is 5.58. The number of amides is 1. The van der Waals surface area contributed by atoms with Gasteiger partial charge in [-0.1, -0.05) is 17.8 Å². The molecule has 0 saturated heterocycles. The standard InChI is InChI=1S/C24H20F3N3O3S3/c1-2-33-23(32)20-13-6-3-4-7-17(13)36-22(20)30-19(31)12-35-21-14(11-28)15(24(25,26)27)10-16(29-21)18-8-5-9-34-18/h5,8-10H,2-4,6-7,12H2,1H3,(H,30,31). The van der Waals surface area contributed by atoms with Crippen LogP contribution >= 0.6 is 34.4 Å². The third-order valence-electron chi connectivity index (χ3n) is 5.42. The van der Waals surface area contributed by atoms with E-state index < -0.39 is 29.2 Å². The Morgan fingerprint density at radius 3 is 2.75 bits per heavy atom. The number of thiophene rings is 2. The number of nitrogens with zero attached hydrogens (tertiary/aromatic N) is 2. The fourth-order valence-corrected chi connectivity index (χ4v) is 6.66. The maximum atomic E-state index is 13.7. The van der Waals surface area contributed by atoms with Crippen molar-refractivity contribution < 1.29 is 27.5 Å². The van der Waals surface area contributed by atoms with Crippen LogP contribution in [-0.4, -0.2) is 29.2 Å². The summed E-state index contributed by atoms with van der Waals surface area (Å²) >= 11 is 3.29. The quantitative estimate of drug-likeness (QED) is 0.265. The van der Waals surface area contributed by atoms with Crippen LogP contribution in [0.4, 0.5) is 18.2 Å². The molecule has 6 nitrogen and oxygen atoms in total. The second-order valence-electron chi connectivity index (χ2n) is 7.79. The van der Waals surface area contributed by atoms with Crippen LogP contribution in [-0.2, 0) is 28.5 Å². The van der Waals surface area contributed by atoms with E-state index in [0.29, 0.717) is 15.4 Å². The highest BCUT2D eigenvalue weighted by Gasteiger charge is 2.36. The Bertz CT molecular complexity index is 1330. The van der Waals surface area contributed by atoms with Crippen molar-refractivity contribution in [1.82, 2.24) is 4.98 Å². The molecule has 0 radical (unpaired) electrons. The number of thioether (sulfide) groups is 1. The number of esters is 1. The van der Waals surface area contributed by atoms with Gasteiger partial charge in [0.15, 0.2) is 0 Å². The van der Waals surface area contributed by atoms with E-state index in [0.717, 1.165) is 54.0 Å². The van der Waals surface area contributed by atoms with Crippen LogP contribution in [0.25, 0.3) is 10.6 Å². The van der Waals surface area contributed by atoms with Gasteiger partial charge in [0.1, 0.15) is 16.1 Å². The summed E-state index contributed by atoms with van der Waals surface area (Å²) in [6, 6.07) is 5.78. The SMILES string of the molecule is CCOC(=O)c1c(NC(=O)CSc2nc(-c3cccs3)cc(C(F)(F)F)c2C#N)sc2c1CCCC2. The lowest BCUT2D eigenvalue weighted by Crippen LogP contribution is -2.17. The minimum absolute atomic E-state index is 0.0785. The fraction of sp³-hybridized carbons (Fsp3) is 0.333. The van der Waals surface area contributed by atoms with Gasteiger partial charge in [0.05, 0.1) is 39.6 Å². The van der Waals surface area contributed by atoms with Gasteiger partial charge < -0.3 is 10.1 Å². The number of hydrogen-bond acceptors (Lipinski definition) is 8. The molecule has 0 bridgehead atoms. The maximum Gasteiger partial charge on any atom is 0.417 e. The predicted molar refractivity (Wildman–Crippen MR) is 134 cm³/mol. The minimum Gasteiger partial charge on any atom is -0.462 e. The molecule has 1 aliphatic rings. The van der Waals surface area contributed by atoms with E-state index >= 15 is 0 Å². The smallest absolute Gasteiger partial charge is 0.417 e. The molecular weight excluding hydrogens is 531 g/mol. The van der Waals surface area contributed by atoms with Crippen molar-refractivity contribution in [1.29, 1.82) is 5.26 Å². The van der Waals surface area contributed by atoms with Crippen LogP contribution in [0.2, 0.25) is 0 Å². The van der Waals surface area contributed by atoms with E-state index in [1.165, 1.54) is 22.7 Å². The molecule has 0 aromatic carbocycles. The average molecular weight is 552 g/mol. The number of ether oxygens (including phenoxy) is 1. The average Bonchev–Trinajstić information content (AvgIpc) is 3.49. The van der Waals surface area contributed by atoms with Gasteiger partial charge in [-0.25, -0.2) is 9.78 Å². The van der Waals surface area contributed by atoms with Crippen molar-refractivity contribution in [3.8, 4) is 16.6 Å². The molecule has 4 rings (SSSR count). The van der Waals surface area contributed by atoms with Crippen molar-refractivity contribution >= 4 is 51.3 Å². The number of nitriles is 1. The molecule has 188 valence electrons. The van der Waals surface area contributed by atoms with Gasteiger partial charge in [0.2, 0.25) is 5.91 Å². The third-order valence-corrected chi connectivity index (χ3v) is 8.50. The maximum absolute atomic E-state index is 13.7. The van der Waals surface area contributed by atoms with E-state index in [-0.39, 0.29) is 23.1 Å². The van der Waals surface area contributed by atoms with Gasteiger partial charge in [0, 0.05) is 4.88 Å². The van der Waals surface area contributed by atoms with Crippen LogP contribution in [0.3, 0.4) is 0 Å². The van der Waals surface area contributed by atoms with Crippen LogP contribution in [0, 0.1) is 11.3 Å². The summed E-state index contributed by atoms with van der Waals surface area (Å²) in [6.07, 6.45) is -1.31. The van der Waals surface area contributed by atoms with Gasteiger partial charge in [0.25, 0.3) is 0 Å². The molecule has 1 N–H and O–H groups in total. The number of carbonyl (C=O) groups is 2. The van der Waals surface area contributed by atoms with Crippen molar-refractivity contribution in [2.24, 2.45) is 0 Å². The molecule has 36 heavy (non-hydrogen) atoms. The summed E-state index contributed by atoms with van der Waals surface area (Å²) in [4.78, 5) is 31.2. The van der Waals surface area contributed by atoms with Crippen LogP contribution in [0.5, 0.6) is 0 Å². The molecule has 0 saturated carbocycles. The van der Waals surface area contributed by atoms with Crippen molar-refractivity contribution in [2.45, 2.75) is 43.8 Å². The zero-order chi connectivity index (χ0) is 25.9. The van der Waals surface area contributed by atoms with Gasteiger partial charge in [-0.05, 0) is 55.7 Å². The second kappa shape index (κ2) is 11.0. The first-order valence-corrected chi connectivity index (χ1v) is 13.7. The molecule has 12 heteroatoms. The molecule has 3 heterocycles. The number of fused-ring (bicyclic) bond motifs is 1. The number of anilines is 1. The van der Waals surface area contributed by atoms with Crippen LogP contribution < -0.4 is 5.32 Å². The lowest BCUT2D eigenvalue weighted by Gasteiger charge is -2.14. The molecule has 0 atom stereocenters. The second-order valence-corrected chi connectivity index (χ2v) is 10.8. The Kier molecular flexibility index (Phi) is 8.02. The number of rotatable bonds is 7. The highest BCUT2D eigenvalue weighted by molar-refractivity contribution is 8.00. The molecule has 1 aliphatic carbocycles. The summed E-state index contributed by atoms with van der Waals surface area (Å²) in [7, 11) is 0. The largest absolute Gasteiger partial charge is 0.462 e. The molecule has 3 aromatic rings. The van der Waals surface area contributed by atoms with E-state index in [2.05, 4.69) is 10.3 Å². The molecule has 3 aromatic heterocycles. The van der Waals surface area contributed by atoms with Crippen LogP contribution in [0.15, 0.2) is 28.6 Å². The van der Waals surface area contributed by atoms with Crippen molar-refractivity contribution in [3.05, 3.63) is 50.7 Å². The summed E-state index contributed by atoms with van der Waals surface area (Å²) in [6.45, 7) is 1.89. The molecule has 0 spiro atoms. The molecule has 0 fully saturated rings. The monoisotopic (exact) mass is 551 g/mol. The normalized spacial score (nSPS) is 13.1. The predicted octanol–water partition coefficient (Wildman–Crippen LogP) is 6.55. The number of nitrogens with one attached hydrogen (secondary N) is 1. The lowest BCUT2D eigenvalue weighted by molar-refractivity contribution is -0.138. The fourth-order valence-electron chi connectivity index (χ4n) is 3.88. The first kappa shape index (κ1) is 26.2. The number of pyridine rings is 1. The van der Waals surface area contributed by atoms with Gasteiger partial charge in [-0.2, -0.15) is 18.4 Å². The number of aryl methyl sites for hydroxylation is 1. The zero-order valence-corrected chi connectivity index (χ0v) is 21.5. The van der Waals surface area contributed by atoms with Gasteiger partial charge in [-0.3, -0.25) is 4.79 Å². The summed E-state index contributed by atoms with van der Waals surface area (Å²) < 4.78 is 46.3. The zero-order valence-electron chi connectivity index (χ0n) is 19.0. The van der Waals surface area contributed by atoms with Crippen molar-refractivity contribution in [2.75, 3.05) is 17.7 Å². The summed E-state index contributed by atoms with van der Waals surface area (Å²) in [5, 5.41) is 14.1. The van der Waals surface area contributed by atoms with Gasteiger partial charge in [-0.15, -0.1) is 22.7 Å². The van der Waals surface area contributed by atoms with E-state index in [1.807, 2.05) is 0 Å². The number of carbonyl (C=O) groups excluding carboxylic acids is 2. The number of halogens is 3. The Morgan fingerprint density at radius 2 is 2.08 bits per heavy atom. The van der Waals surface area contributed by atoms with E-state index in [9.17, 15) is 28.0 Å². The first-order chi connectivity index (χ1) is 17.2. The van der Waals surface area contributed by atoms with Crippen LogP contribution in [0.1, 0.15) is 51.7 Å². The highest BCUT2D eigenvalue weighted by atomic mass is 32.2. The Labute approximate surface area is 217 Å². The topological polar surface area (TPSA) is 92.1 Å². The van der Waals surface area contributed by atoms with E-state index in [4.69, 9.17) is 4.74 Å². The van der Waals surface area contributed by atoms with Gasteiger partial charge >= 0.3 is 12.1 Å². The Morgan fingerprint density at radius 1 is 1.31 bits per heavy atom. The highest BCUT2D eigenvalue weighted by Crippen LogP contribution is 2.40. The lowest BCUT2D eigenvalue weighted by atomic mass is 9.95. The first-order valence-electron chi connectivity index (χ1n) is 11.0. The summed E-state index contributed by atoms with van der Waals surface area (Å²) in [5.74, 6) is -1.32. The number of aromatic nitrogens is 1. The Hall–Kier alpha value is -2.88. The van der Waals surface area contributed by atoms with Crippen molar-refractivity contribution in [3.63, 3.8) is 0 Å². The molecular formula is C24H20F3N3O3S3. The van der Waals surface area contributed by atoms with E-state index in [1.54, 1.807) is 30.5 Å². The molecule has 1 amide bonds. The molecule has 0 unspecified atom stereocenters. The molecule has 0 aliphatic heterocycles. The minimum atomic E-state index is -4.76. The number of alkyl halides is 3. The number of hydrogen-bond donors (Lipinski definition) is 1.